The van der Waals surface area contributed by atoms with Crippen LogP contribution >= 0.6 is 11.3 Å². The Kier molecular flexibility index (Phi) is 4.72. The van der Waals surface area contributed by atoms with Gasteiger partial charge in [-0.05, 0) is 36.1 Å². The fourth-order valence-corrected chi connectivity index (χ4v) is 3.49. The second-order valence-corrected chi connectivity index (χ2v) is 6.93. The van der Waals surface area contributed by atoms with E-state index in [-0.39, 0.29) is 5.91 Å². The smallest absolute Gasteiger partial charge is 0.266 e. The Morgan fingerprint density at radius 3 is 2.67 bits per heavy atom. The van der Waals surface area contributed by atoms with E-state index in [1.54, 1.807) is 6.20 Å². The van der Waals surface area contributed by atoms with Gasteiger partial charge in [0.15, 0.2) is 0 Å². The Balaban J connectivity index is 1.50. The lowest BCUT2D eigenvalue weighted by atomic mass is 10.1. The fourth-order valence-electron chi connectivity index (χ4n) is 2.69. The highest BCUT2D eigenvalue weighted by Crippen LogP contribution is 2.28. The van der Waals surface area contributed by atoms with Crippen molar-refractivity contribution >= 4 is 34.5 Å². The summed E-state index contributed by atoms with van der Waals surface area (Å²) in [6.07, 6.45) is 3.12. The number of aromatic nitrogens is 2. The molecule has 0 bridgehead atoms. The predicted octanol–water partition coefficient (Wildman–Crippen LogP) is 4.43. The monoisotopic (exact) mass is 372 g/mol. The predicted molar refractivity (Wildman–Crippen MR) is 109 cm³/mol. The molecule has 0 fully saturated rings. The number of hydrogen-bond donors (Lipinski definition) is 1. The van der Waals surface area contributed by atoms with Gasteiger partial charge in [0.2, 0.25) is 0 Å². The second kappa shape index (κ2) is 7.47. The Bertz CT molecular complexity index is 1130. The molecule has 1 amide bonds. The number of hydrogen-bond acceptors (Lipinski definition) is 5. The summed E-state index contributed by atoms with van der Waals surface area (Å²) in [6, 6.07) is 17.6. The van der Waals surface area contributed by atoms with Crippen molar-refractivity contribution in [3.63, 3.8) is 0 Å². The van der Waals surface area contributed by atoms with E-state index in [1.165, 1.54) is 23.1 Å². The first-order valence-electron chi connectivity index (χ1n) is 8.40. The van der Waals surface area contributed by atoms with Crippen LogP contribution in [0.15, 0.2) is 71.3 Å². The van der Waals surface area contributed by atoms with E-state index < -0.39 is 0 Å². The molecule has 4 aromatic rings. The quantitative estimate of drug-likeness (QED) is 0.426. The molecular formula is C21H16N4OS. The molecule has 27 heavy (non-hydrogen) atoms. The highest BCUT2D eigenvalue weighted by Gasteiger charge is 2.14. The van der Waals surface area contributed by atoms with Gasteiger partial charge in [0.05, 0.1) is 23.4 Å². The van der Waals surface area contributed by atoms with Crippen molar-refractivity contribution in [2.45, 2.75) is 6.92 Å². The van der Waals surface area contributed by atoms with Gasteiger partial charge in [0.1, 0.15) is 10.6 Å². The summed E-state index contributed by atoms with van der Waals surface area (Å²) in [5, 5.41) is 5.94. The SMILES string of the molecule is Cc1ccc(-c2ccsc2C(=O)N/N=C\c2cnc3ccccc3n2)cc1. The normalized spacial score (nSPS) is 11.1. The van der Waals surface area contributed by atoms with Crippen LogP contribution in [0.5, 0.6) is 0 Å². The molecule has 0 unspecified atom stereocenters. The van der Waals surface area contributed by atoms with E-state index in [4.69, 9.17) is 0 Å². The lowest BCUT2D eigenvalue weighted by Gasteiger charge is -2.04. The number of para-hydroxylation sites is 2. The van der Waals surface area contributed by atoms with Crippen molar-refractivity contribution in [2.24, 2.45) is 5.10 Å². The molecule has 0 aliphatic heterocycles. The molecule has 5 nitrogen and oxygen atoms in total. The zero-order valence-electron chi connectivity index (χ0n) is 14.6. The number of rotatable bonds is 4. The molecule has 2 heterocycles. The molecule has 6 heteroatoms. The van der Waals surface area contributed by atoms with E-state index >= 15 is 0 Å². The van der Waals surface area contributed by atoms with Crippen LogP contribution < -0.4 is 5.43 Å². The van der Waals surface area contributed by atoms with E-state index in [0.29, 0.717) is 10.6 Å². The third kappa shape index (κ3) is 3.75. The number of nitrogens with zero attached hydrogens (tertiary/aromatic N) is 3. The van der Waals surface area contributed by atoms with Gasteiger partial charge in [-0.1, -0.05) is 42.0 Å². The van der Waals surface area contributed by atoms with Crippen molar-refractivity contribution < 1.29 is 4.79 Å². The summed E-state index contributed by atoms with van der Waals surface area (Å²) in [7, 11) is 0. The van der Waals surface area contributed by atoms with Crippen molar-refractivity contribution in [1.82, 2.24) is 15.4 Å². The first-order valence-corrected chi connectivity index (χ1v) is 9.28. The minimum atomic E-state index is -0.245. The lowest BCUT2D eigenvalue weighted by molar-refractivity contribution is 0.0960. The molecule has 0 aliphatic carbocycles. The molecule has 0 radical (unpaired) electrons. The van der Waals surface area contributed by atoms with Crippen LogP contribution in [-0.4, -0.2) is 22.1 Å². The Labute approximate surface area is 160 Å². The van der Waals surface area contributed by atoms with Crippen LogP contribution in [0.2, 0.25) is 0 Å². The molecule has 4 rings (SSSR count). The molecule has 0 aliphatic rings. The van der Waals surface area contributed by atoms with E-state index in [2.05, 4.69) is 20.5 Å². The zero-order chi connectivity index (χ0) is 18.6. The summed E-state index contributed by atoms with van der Waals surface area (Å²) in [5.74, 6) is -0.245. The van der Waals surface area contributed by atoms with Gasteiger partial charge >= 0.3 is 0 Å². The number of amides is 1. The van der Waals surface area contributed by atoms with Gasteiger partial charge in [0.25, 0.3) is 5.91 Å². The molecule has 1 N–H and O–H groups in total. The van der Waals surface area contributed by atoms with Crippen molar-refractivity contribution in [1.29, 1.82) is 0 Å². The number of carbonyl (C=O) groups is 1. The van der Waals surface area contributed by atoms with Crippen LogP contribution in [-0.2, 0) is 0 Å². The first-order chi connectivity index (χ1) is 13.2. The minimum absolute atomic E-state index is 0.245. The fraction of sp³-hybridized carbons (Fsp3) is 0.0476. The average Bonchev–Trinajstić information content (AvgIpc) is 3.18. The Morgan fingerprint density at radius 1 is 1.07 bits per heavy atom. The van der Waals surface area contributed by atoms with E-state index in [0.717, 1.165) is 22.2 Å². The summed E-state index contributed by atoms with van der Waals surface area (Å²) < 4.78 is 0. The number of aryl methyl sites for hydroxylation is 1. The summed E-state index contributed by atoms with van der Waals surface area (Å²) in [5.41, 5.74) is 7.86. The third-order valence-electron chi connectivity index (χ3n) is 4.06. The summed E-state index contributed by atoms with van der Waals surface area (Å²) in [6.45, 7) is 2.04. The maximum absolute atomic E-state index is 12.5. The lowest BCUT2D eigenvalue weighted by Crippen LogP contribution is -2.17. The highest BCUT2D eigenvalue weighted by atomic mass is 32.1. The Hall–Kier alpha value is -3.38. The minimum Gasteiger partial charge on any atom is -0.266 e. The van der Waals surface area contributed by atoms with Crippen molar-refractivity contribution in [3.8, 4) is 11.1 Å². The molecule has 0 atom stereocenters. The summed E-state index contributed by atoms with van der Waals surface area (Å²) in [4.78, 5) is 21.9. The van der Waals surface area contributed by atoms with Crippen molar-refractivity contribution in [2.75, 3.05) is 0 Å². The number of fused-ring (bicyclic) bond motifs is 1. The maximum Gasteiger partial charge on any atom is 0.282 e. The number of carbonyl (C=O) groups excluding carboxylic acids is 1. The number of thiophene rings is 1. The number of hydrazone groups is 1. The van der Waals surface area contributed by atoms with Gasteiger partial charge in [-0.2, -0.15) is 5.10 Å². The molecule has 2 aromatic heterocycles. The van der Waals surface area contributed by atoms with E-state index in [9.17, 15) is 4.79 Å². The summed E-state index contributed by atoms with van der Waals surface area (Å²) >= 11 is 1.39. The van der Waals surface area contributed by atoms with Crippen LogP contribution in [0.3, 0.4) is 0 Å². The van der Waals surface area contributed by atoms with Crippen LogP contribution in [0, 0.1) is 6.92 Å². The zero-order valence-corrected chi connectivity index (χ0v) is 15.4. The molecule has 132 valence electrons. The number of benzene rings is 2. The van der Waals surface area contributed by atoms with Crippen molar-refractivity contribution in [3.05, 3.63) is 82.3 Å². The molecule has 0 spiro atoms. The largest absolute Gasteiger partial charge is 0.282 e. The van der Waals surface area contributed by atoms with Gasteiger partial charge < -0.3 is 0 Å². The topological polar surface area (TPSA) is 67.2 Å². The van der Waals surface area contributed by atoms with Gasteiger partial charge in [0, 0.05) is 5.56 Å². The van der Waals surface area contributed by atoms with Crippen LogP contribution in [0.25, 0.3) is 22.2 Å². The molecule has 0 saturated carbocycles. The van der Waals surface area contributed by atoms with E-state index in [1.807, 2.05) is 66.9 Å². The Morgan fingerprint density at radius 2 is 1.85 bits per heavy atom. The second-order valence-electron chi connectivity index (χ2n) is 6.01. The molecule has 2 aromatic carbocycles. The third-order valence-corrected chi connectivity index (χ3v) is 4.98. The van der Waals surface area contributed by atoms with Crippen LogP contribution in [0.4, 0.5) is 0 Å². The average molecular weight is 372 g/mol. The maximum atomic E-state index is 12.5. The van der Waals surface area contributed by atoms with Crippen LogP contribution in [0.1, 0.15) is 20.9 Å². The van der Waals surface area contributed by atoms with Gasteiger partial charge in [-0.3, -0.25) is 9.78 Å². The molecule has 0 saturated heterocycles. The van der Waals surface area contributed by atoms with Gasteiger partial charge in [-0.25, -0.2) is 10.4 Å². The highest BCUT2D eigenvalue weighted by molar-refractivity contribution is 7.12. The van der Waals surface area contributed by atoms with Gasteiger partial charge in [-0.15, -0.1) is 11.3 Å². The first kappa shape index (κ1) is 17.1. The number of nitrogens with one attached hydrogen (secondary N) is 1. The molecular weight excluding hydrogens is 356 g/mol. The standard InChI is InChI=1S/C21H16N4OS/c1-14-6-8-15(9-7-14)17-10-11-27-20(17)21(26)25-23-13-16-12-22-18-4-2-3-5-19(18)24-16/h2-13H,1H3,(H,25,26)/b23-13-.